The van der Waals surface area contributed by atoms with Crippen molar-refractivity contribution >= 4 is 41.2 Å². The largest absolute Gasteiger partial charge is 0.457 e. The highest BCUT2D eigenvalue weighted by Crippen LogP contribution is 2.29. The summed E-state index contributed by atoms with van der Waals surface area (Å²) in [5.74, 6) is 0.0127. The second kappa shape index (κ2) is 9.35. The Bertz CT molecular complexity index is 1460. The maximum absolute atomic E-state index is 12.7. The molecule has 0 saturated heterocycles. The Labute approximate surface area is 203 Å². The van der Waals surface area contributed by atoms with Crippen LogP contribution in [0, 0.1) is 0 Å². The summed E-state index contributed by atoms with van der Waals surface area (Å²) in [6.45, 7) is 1.83. The first-order chi connectivity index (χ1) is 17.0. The van der Waals surface area contributed by atoms with Crippen molar-refractivity contribution in [2.75, 3.05) is 5.01 Å². The molecule has 35 heavy (non-hydrogen) atoms. The lowest BCUT2D eigenvalue weighted by atomic mass is 10.1. The number of benzene rings is 2. The topological polar surface area (TPSA) is 127 Å². The Balaban J connectivity index is 1.35. The number of aromatic amines is 1. The third-order valence-corrected chi connectivity index (χ3v) is 5.51. The van der Waals surface area contributed by atoms with Crippen molar-refractivity contribution in [1.29, 1.82) is 0 Å². The van der Waals surface area contributed by atoms with E-state index in [1.807, 2.05) is 30.3 Å². The molecule has 3 heterocycles. The average Bonchev–Trinajstić information content (AvgIpc) is 3.62. The minimum atomic E-state index is -0.542. The van der Waals surface area contributed by atoms with Crippen LogP contribution in [-0.2, 0) is 16.1 Å². The van der Waals surface area contributed by atoms with E-state index in [2.05, 4.69) is 25.7 Å². The molecule has 5 rings (SSSR count). The minimum absolute atomic E-state index is 0.0470. The van der Waals surface area contributed by atoms with Gasteiger partial charge in [-0.1, -0.05) is 47.0 Å². The Hall–Kier alpha value is -4.57. The number of nitrogens with zero attached hydrogens (tertiary/aromatic N) is 5. The summed E-state index contributed by atoms with van der Waals surface area (Å²) in [4.78, 5) is 25.4. The zero-order chi connectivity index (χ0) is 24.4. The molecule has 0 fully saturated rings. The summed E-state index contributed by atoms with van der Waals surface area (Å²) < 4.78 is 11.3. The van der Waals surface area contributed by atoms with E-state index in [0.717, 1.165) is 10.6 Å². The van der Waals surface area contributed by atoms with Crippen molar-refractivity contribution in [3.63, 3.8) is 0 Å². The lowest BCUT2D eigenvalue weighted by Crippen LogP contribution is -2.22. The normalized spacial score (nSPS) is 14.5. The number of rotatable bonds is 6. The zero-order valence-corrected chi connectivity index (χ0v) is 19.1. The number of anilines is 1. The van der Waals surface area contributed by atoms with Gasteiger partial charge in [-0.2, -0.15) is 15.3 Å². The molecule has 2 aromatic heterocycles. The number of hydrogen-bond donors (Lipinski definition) is 1. The fraction of sp³-hybridized carbons (Fsp3) is 0.0833. The number of furan rings is 1. The third-order valence-electron chi connectivity index (χ3n) is 5.18. The van der Waals surface area contributed by atoms with Gasteiger partial charge in [0.05, 0.1) is 21.9 Å². The van der Waals surface area contributed by atoms with Gasteiger partial charge in [0.1, 0.15) is 18.1 Å². The van der Waals surface area contributed by atoms with E-state index in [9.17, 15) is 9.59 Å². The molecule has 0 atom stereocenters. The van der Waals surface area contributed by atoms with E-state index in [0.29, 0.717) is 28.4 Å². The van der Waals surface area contributed by atoms with Crippen LogP contribution in [0.2, 0.25) is 5.02 Å². The van der Waals surface area contributed by atoms with Crippen molar-refractivity contribution < 1.29 is 18.7 Å². The third kappa shape index (κ3) is 4.59. The molecule has 1 N–H and O–H groups in total. The van der Waals surface area contributed by atoms with Crippen LogP contribution in [0.4, 0.5) is 5.95 Å². The van der Waals surface area contributed by atoms with Gasteiger partial charge >= 0.3 is 5.97 Å². The maximum atomic E-state index is 12.7. The molecule has 1 aliphatic heterocycles. The van der Waals surface area contributed by atoms with Gasteiger partial charge in [0.2, 0.25) is 0 Å². The van der Waals surface area contributed by atoms with Gasteiger partial charge in [0, 0.05) is 5.56 Å². The second-order valence-corrected chi connectivity index (χ2v) is 7.94. The van der Waals surface area contributed by atoms with Crippen molar-refractivity contribution in [2.45, 2.75) is 13.5 Å². The molecule has 11 heteroatoms. The molecule has 0 radical (unpaired) electrons. The van der Waals surface area contributed by atoms with E-state index in [-0.39, 0.29) is 23.1 Å². The van der Waals surface area contributed by atoms with E-state index in [1.54, 1.807) is 43.3 Å². The first kappa shape index (κ1) is 22.2. The smallest absolute Gasteiger partial charge is 0.340 e. The number of tetrazole rings is 1. The summed E-state index contributed by atoms with van der Waals surface area (Å²) in [6.07, 6.45) is 1.58. The number of nitrogens with one attached hydrogen (secondary N) is 1. The quantitative estimate of drug-likeness (QED) is 0.317. The number of carbonyl (C=O) groups excluding carboxylic acids is 2. The molecule has 10 nitrogen and oxygen atoms in total. The van der Waals surface area contributed by atoms with Crippen molar-refractivity contribution in [3.8, 4) is 11.3 Å². The van der Waals surface area contributed by atoms with Gasteiger partial charge < -0.3 is 9.15 Å². The maximum Gasteiger partial charge on any atom is 0.340 e. The molecular weight excluding hydrogens is 472 g/mol. The molecule has 1 aliphatic rings. The Kier molecular flexibility index (Phi) is 5.94. The van der Waals surface area contributed by atoms with E-state index in [4.69, 9.17) is 20.8 Å². The van der Waals surface area contributed by atoms with Crippen LogP contribution in [0.15, 0.2) is 75.8 Å². The van der Waals surface area contributed by atoms with Crippen molar-refractivity contribution in [3.05, 3.63) is 88.1 Å². The molecule has 4 aromatic rings. The lowest BCUT2D eigenvalue weighted by Gasteiger charge is -2.08. The average molecular weight is 489 g/mol. The summed E-state index contributed by atoms with van der Waals surface area (Å²) in [7, 11) is 0. The van der Waals surface area contributed by atoms with Gasteiger partial charge in [-0.05, 0) is 54.1 Å². The molecule has 0 aliphatic carbocycles. The molecule has 0 bridgehead atoms. The van der Waals surface area contributed by atoms with Crippen LogP contribution in [-0.4, -0.2) is 38.2 Å². The van der Waals surface area contributed by atoms with Gasteiger partial charge in [-0.3, -0.25) is 4.79 Å². The van der Waals surface area contributed by atoms with Gasteiger partial charge in [0.15, 0.2) is 0 Å². The Morgan fingerprint density at radius 3 is 2.77 bits per heavy atom. The molecular formula is C24H17ClN6O4. The summed E-state index contributed by atoms with van der Waals surface area (Å²) >= 11 is 6.25. The standard InChI is InChI=1S/C24H17ClN6O4/c1-14-18(22(32)31(28-14)24-26-29-30-27-24)12-17-8-10-21(35-17)16-7-9-20(25)19(11-16)23(33)34-13-15-5-3-2-4-6-15/h2-12H,13H2,1H3,(H,26,27,29,30). The van der Waals surface area contributed by atoms with E-state index in [1.165, 1.54) is 0 Å². The van der Waals surface area contributed by atoms with Crippen LogP contribution in [0.5, 0.6) is 0 Å². The van der Waals surface area contributed by atoms with Crippen LogP contribution in [0.1, 0.15) is 28.6 Å². The van der Waals surface area contributed by atoms with Crippen LogP contribution in [0.3, 0.4) is 0 Å². The van der Waals surface area contributed by atoms with E-state index >= 15 is 0 Å². The van der Waals surface area contributed by atoms with Crippen molar-refractivity contribution in [2.24, 2.45) is 5.10 Å². The zero-order valence-electron chi connectivity index (χ0n) is 18.3. The molecule has 0 saturated carbocycles. The highest BCUT2D eigenvalue weighted by atomic mass is 35.5. The number of ether oxygens (including phenoxy) is 1. The fourth-order valence-corrected chi connectivity index (χ4v) is 3.62. The number of esters is 1. The number of aromatic nitrogens is 4. The number of amides is 1. The lowest BCUT2D eigenvalue weighted by molar-refractivity contribution is -0.114. The number of hydrazone groups is 1. The van der Waals surface area contributed by atoms with Crippen LogP contribution < -0.4 is 5.01 Å². The number of carbonyl (C=O) groups is 2. The first-order valence-electron chi connectivity index (χ1n) is 10.5. The monoisotopic (exact) mass is 488 g/mol. The fourth-order valence-electron chi connectivity index (χ4n) is 3.43. The molecule has 2 aromatic carbocycles. The second-order valence-electron chi connectivity index (χ2n) is 7.53. The Morgan fingerprint density at radius 1 is 1.17 bits per heavy atom. The summed E-state index contributed by atoms with van der Waals surface area (Å²) in [5, 5.41) is 18.8. The van der Waals surface area contributed by atoms with Crippen LogP contribution in [0.25, 0.3) is 17.4 Å². The highest BCUT2D eigenvalue weighted by molar-refractivity contribution is 6.33. The SMILES string of the molecule is CC1=NN(c2nn[nH]n2)C(=O)C1=Cc1ccc(-c2ccc(Cl)c(C(=O)OCc3ccccc3)c2)o1. The minimum Gasteiger partial charge on any atom is -0.457 e. The summed E-state index contributed by atoms with van der Waals surface area (Å²) in [5.41, 5.74) is 2.53. The summed E-state index contributed by atoms with van der Waals surface area (Å²) in [6, 6.07) is 17.8. The van der Waals surface area contributed by atoms with Crippen LogP contribution >= 0.6 is 11.6 Å². The Morgan fingerprint density at radius 2 is 2.00 bits per heavy atom. The van der Waals surface area contributed by atoms with Gasteiger partial charge in [0.25, 0.3) is 11.9 Å². The highest BCUT2D eigenvalue weighted by Gasteiger charge is 2.31. The van der Waals surface area contributed by atoms with E-state index < -0.39 is 11.9 Å². The van der Waals surface area contributed by atoms with Crippen molar-refractivity contribution in [1.82, 2.24) is 20.6 Å². The molecule has 1 amide bonds. The predicted octanol–water partition coefficient (Wildman–Crippen LogP) is 4.28. The number of hydrogen-bond acceptors (Lipinski definition) is 8. The number of H-pyrrole nitrogens is 1. The first-order valence-corrected chi connectivity index (χ1v) is 10.8. The predicted molar refractivity (Wildman–Crippen MR) is 127 cm³/mol. The molecule has 0 unspecified atom stereocenters. The molecule has 174 valence electrons. The van der Waals surface area contributed by atoms with Gasteiger partial charge in [-0.15, -0.1) is 5.10 Å². The number of halogens is 1. The van der Waals surface area contributed by atoms with Gasteiger partial charge in [-0.25, -0.2) is 4.79 Å². The molecule has 0 spiro atoms.